The lowest BCUT2D eigenvalue weighted by molar-refractivity contribution is -0.126. The number of alkyl halides is 1. The molecule has 0 radical (unpaired) electrons. The van der Waals surface area contributed by atoms with Gasteiger partial charge < -0.3 is 5.32 Å². The van der Waals surface area contributed by atoms with Gasteiger partial charge in [0, 0.05) is 24.2 Å². The van der Waals surface area contributed by atoms with Crippen LogP contribution in [0.2, 0.25) is 0 Å². The summed E-state index contributed by atoms with van der Waals surface area (Å²) >= 11 is 3.54. The molecule has 0 aromatic rings. The number of ketones is 1. The van der Waals surface area contributed by atoms with Crippen LogP contribution in [0.5, 0.6) is 0 Å². The average molecular weight is 282 g/mol. The molecule has 1 N–H and O–H groups in total. The van der Waals surface area contributed by atoms with E-state index < -0.39 is 5.41 Å². The van der Waals surface area contributed by atoms with E-state index >= 15 is 0 Å². The normalized spacial score (nSPS) is 37.2. The monoisotopic (exact) mass is 281 g/mol. The summed E-state index contributed by atoms with van der Waals surface area (Å²) in [6.07, 6.45) is 5.97. The van der Waals surface area contributed by atoms with Gasteiger partial charge in [-0.15, -0.1) is 0 Å². The second-order valence-electron chi connectivity index (χ2n) is 4.70. The Bertz CT molecular complexity index is 452. The van der Waals surface area contributed by atoms with Gasteiger partial charge in [-0.2, -0.15) is 0 Å². The number of carbonyl (C=O) groups excluding carboxylic acids is 2. The summed E-state index contributed by atoms with van der Waals surface area (Å²) in [5.74, 6) is 0.196. The highest BCUT2D eigenvalue weighted by atomic mass is 79.9. The molecule has 3 rings (SSSR count). The van der Waals surface area contributed by atoms with Gasteiger partial charge in [0.2, 0.25) is 5.91 Å². The van der Waals surface area contributed by atoms with E-state index in [0.29, 0.717) is 24.2 Å². The number of amides is 1. The number of carbonyl (C=O) groups is 2. The molecule has 0 aromatic heterocycles. The molecule has 1 heterocycles. The molecule has 1 saturated heterocycles. The van der Waals surface area contributed by atoms with Crippen LogP contribution in [-0.4, -0.2) is 23.1 Å². The fraction of sp³-hybridized carbons (Fsp3) is 0.500. The molecule has 2 atom stereocenters. The molecule has 0 aromatic carbocycles. The maximum Gasteiger partial charge on any atom is 0.221 e. The minimum absolute atomic E-state index is 0.00327. The summed E-state index contributed by atoms with van der Waals surface area (Å²) in [6.45, 7) is 0.487. The van der Waals surface area contributed by atoms with E-state index in [1.54, 1.807) is 0 Å². The van der Waals surface area contributed by atoms with Gasteiger partial charge >= 0.3 is 0 Å². The molecule has 0 bridgehead atoms. The van der Waals surface area contributed by atoms with Crippen LogP contribution in [0, 0.1) is 5.41 Å². The van der Waals surface area contributed by atoms with Crippen molar-refractivity contribution in [3.8, 4) is 0 Å². The molecule has 2 fully saturated rings. The van der Waals surface area contributed by atoms with E-state index in [1.807, 2.05) is 0 Å². The number of hydrogen-bond acceptors (Lipinski definition) is 2. The van der Waals surface area contributed by atoms with E-state index in [1.165, 1.54) is 0 Å². The van der Waals surface area contributed by atoms with Gasteiger partial charge in [0.15, 0.2) is 0 Å². The largest absolute Gasteiger partial charge is 0.355 e. The zero-order valence-electron chi connectivity index (χ0n) is 8.75. The molecule has 1 aliphatic heterocycles. The lowest BCUT2D eigenvalue weighted by Crippen LogP contribution is -2.30. The second-order valence-corrected chi connectivity index (χ2v) is 5.87. The van der Waals surface area contributed by atoms with Crippen molar-refractivity contribution in [1.29, 1.82) is 0 Å². The number of fused-ring (bicyclic) bond motifs is 2. The van der Waals surface area contributed by atoms with E-state index in [0.717, 1.165) is 17.6 Å². The SMILES string of the molecule is O=C1CC2(CN1)C(=O)CC1=CC(Br)CC=C12. The van der Waals surface area contributed by atoms with Crippen molar-refractivity contribution in [2.45, 2.75) is 24.1 Å². The van der Waals surface area contributed by atoms with Gasteiger partial charge in [-0.25, -0.2) is 0 Å². The van der Waals surface area contributed by atoms with E-state index in [2.05, 4.69) is 33.4 Å². The van der Waals surface area contributed by atoms with Crippen LogP contribution in [0.1, 0.15) is 19.3 Å². The number of nitrogens with one attached hydrogen (secondary N) is 1. The molecule has 1 amide bonds. The zero-order valence-corrected chi connectivity index (χ0v) is 10.3. The van der Waals surface area contributed by atoms with Crippen molar-refractivity contribution in [3.63, 3.8) is 0 Å². The fourth-order valence-corrected chi connectivity index (χ4v) is 3.43. The summed E-state index contributed by atoms with van der Waals surface area (Å²) in [5.41, 5.74) is 1.69. The van der Waals surface area contributed by atoms with Crippen molar-refractivity contribution >= 4 is 27.6 Å². The topological polar surface area (TPSA) is 46.2 Å². The summed E-state index contributed by atoms with van der Waals surface area (Å²) in [6, 6.07) is 0. The van der Waals surface area contributed by atoms with E-state index in [-0.39, 0.29) is 11.7 Å². The summed E-state index contributed by atoms with van der Waals surface area (Å²) in [5, 5.41) is 2.79. The van der Waals surface area contributed by atoms with Crippen LogP contribution < -0.4 is 5.32 Å². The first-order chi connectivity index (χ1) is 7.62. The Morgan fingerprint density at radius 3 is 2.94 bits per heavy atom. The van der Waals surface area contributed by atoms with Crippen LogP contribution in [0.3, 0.4) is 0 Å². The number of rotatable bonds is 0. The van der Waals surface area contributed by atoms with Crippen LogP contribution in [0.15, 0.2) is 23.3 Å². The molecule has 3 nitrogen and oxygen atoms in total. The molecular weight excluding hydrogens is 270 g/mol. The Morgan fingerprint density at radius 2 is 2.25 bits per heavy atom. The summed E-state index contributed by atoms with van der Waals surface area (Å²) < 4.78 is 0. The molecule has 4 heteroatoms. The second kappa shape index (κ2) is 3.29. The fourth-order valence-electron chi connectivity index (χ4n) is 2.92. The predicted molar refractivity (Wildman–Crippen MR) is 63.2 cm³/mol. The Balaban J connectivity index is 2.06. The Kier molecular flexibility index (Phi) is 2.11. The number of halogens is 1. The maximum absolute atomic E-state index is 12.1. The van der Waals surface area contributed by atoms with Crippen molar-refractivity contribution in [3.05, 3.63) is 23.3 Å². The third kappa shape index (κ3) is 1.25. The molecule has 1 spiro atoms. The number of hydrogen-bond donors (Lipinski definition) is 1. The molecule has 16 heavy (non-hydrogen) atoms. The first-order valence-corrected chi connectivity index (χ1v) is 6.39. The zero-order chi connectivity index (χ0) is 11.3. The van der Waals surface area contributed by atoms with Gasteiger partial charge in [0.1, 0.15) is 5.78 Å². The summed E-state index contributed by atoms with van der Waals surface area (Å²) in [7, 11) is 0. The highest BCUT2D eigenvalue weighted by molar-refractivity contribution is 9.09. The highest BCUT2D eigenvalue weighted by Crippen LogP contribution is 2.49. The van der Waals surface area contributed by atoms with Crippen LogP contribution in [0.4, 0.5) is 0 Å². The van der Waals surface area contributed by atoms with Gasteiger partial charge in [-0.1, -0.05) is 28.1 Å². The molecule has 2 unspecified atom stereocenters. The van der Waals surface area contributed by atoms with Crippen LogP contribution in [-0.2, 0) is 9.59 Å². The Labute approximate surface area is 102 Å². The first kappa shape index (κ1) is 10.3. The van der Waals surface area contributed by atoms with Gasteiger partial charge in [-0.05, 0) is 17.6 Å². The predicted octanol–water partition coefficient (Wildman–Crippen LogP) is 1.49. The van der Waals surface area contributed by atoms with Gasteiger partial charge in [0.05, 0.1) is 5.41 Å². The Hall–Kier alpha value is -0.900. The number of Topliss-reactive ketones (excluding diaryl/α,β-unsaturated/α-hetero) is 1. The van der Waals surface area contributed by atoms with Gasteiger partial charge in [-0.3, -0.25) is 9.59 Å². The van der Waals surface area contributed by atoms with Crippen molar-refractivity contribution < 1.29 is 9.59 Å². The van der Waals surface area contributed by atoms with Crippen LogP contribution >= 0.6 is 15.9 Å². The third-order valence-corrected chi connectivity index (χ3v) is 4.36. The minimum atomic E-state index is -0.532. The minimum Gasteiger partial charge on any atom is -0.355 e. The Morgan fingerprint density at radius 1 is 1.44 bits per heavy atom. The van der Waals surface area contributed by atoms with Crippen LogP contribution in [0.25, 0.3) is 0 Å². The maximum atomic E-state index is 12.1. The lowest BCUT2D eigenvalue weighted by Gasteiger charge is -2.23. The van der Waals surface area contributed by atoms with Crippen molar-refractivity contribution in [2.75, 3.05) is 6.54 Å². The third-order valence-electron chi connectivity index (χ3n) is 3.73. The molecule has 2 aliphatic carbocycles. The average Bonchev–Trinajstić information content (AvgIpc) is 2.72. The standard InChI is InChI=1S/C12H12BrNO2/c13-8-1-2-9-7(3-8)4-10(15)12(9)5-11(16)14-6-12/h2-3,8H,1,4-6H2,(H,14,16). The summed E-state index contributed by atoms with van der Waals surface area (Å²) in [4.78, 5) is 23.8. The quantitative estimate of drug-likeness (QED) is 0.684. The molecular formula is C12H12BrNO2. The van der Waals surface area contributed by atoms with Gasteiger partial charge in [0.25, 0.3) is 0 Å². The first-order valence-electron chi connectivity index (χ1n) is 5.47. The van der Waals surface area contributed by atoms with Crippen molar-refractivity contribution in [1.82, 2.24) is 5.32 Å². The lowest BCUT2D eigenvalue weighted by atomic mass is 9.78. The highest BCUT2D eigenvalue weighted by Gasteiger charge is 2.53. The van der Waals surface area contributed by atoms with E-state index in [9.17, 15) is 9.59 Å². The molecule has 3 aliphatic rings. The number of allylic oxidation sites excluding steroid dienone is 3. The van der Waals surface area contributed by atoms with Crippen molar-refractivity contribution in [2.24, 2.45) is 5.41 Å². The smallest absolute Gasteiger partial charge is 0.221 e. The van der Waals surface area contributed by atoms with E-state index in [4.69, 9.17) is 0 Å². The molecule has 84 valence electrons. The molecule has 1 saturated carbocycles.